The lowest BCUT2D eigenvalue weighted by molar-refractivity contribution is -0.292. The molecule has 18 atom stereocenters. The Kier molecular flexibility index (Phi) is 20.4. The highest BCUT2D eigenvalue weighted by Gasteiger charge is 2.69. The Balaban J connectivity index is 0.924. The summed E-state index contributed by atoms with van der Waals surface area (Å²) >= 11 is 3.45. The van der Waals surface area contributed by atoms with Crippen LogP contribution in [-0.4, -0.2) is 129 Å². The van der Waals surface area contributed by atoms with Crippen LogP contribution in [0.25, 0.3) is 0 Å². The Morgan fingerprint density at radius 3 is 2.22 bits per heavy atom. The number of Topliss-reactive ketones (excluding diaryl/α,β-unsaturated/α-hetero) is 1. The van der Waals surface area contributed by atoms with E-state index in [1.165, 1.54) is 0 Å². The highest BCUT2D eigenvalue weighted by molar-refractivity contribution is 9.11. The fourth-order valence-electron chi connectivity index (χ4n) is 13.4. The van der Waals surface area contributed by atoms with Crippen molar-refractivity contribution in [2.45, 2.75) is 279 Å². The molecule has 0 aliphatic carbocycles. The summed E-state index contributed by atoms with van der Waals surface area (Å²) in [6, 6.07) is 10.1. The van der Waals surface area contributed by atoms with Gasteiger partial charge in [0.2, 0.25) is 0 Å². The first kappa shape index (κ1) is 61.9. The number of hydrogen-bond acceptors (Lipinski definition) is 13. The first-order chi connectivity index (χ1) is 36.3. The van der Waals surface area contributed by atoms with Crippen molar-refractivity contribution in [2.24, 2.45) is 23.7 Å². The molecular weight excluding hydrogens is 1100 g/mol. The number of ether oxygens (including phenoxy) is 7. The quantitative estimate of drug-likeness (QED) is 0.0357. The second-order valence-electron chi connectivity index (χ2n) is 26.1. The van der Waals surface area contributed by atoms with E-state index in [2.05, 4.69) is 104 Å². The smallest absolute Gasteiger partial charge is 0.297 e. The summed E-state index contributed by atoms with van der Waals surface area (Å²) in [5, 5.41) is 0.125. The second kappa shape index (κ2) is 25.4. The van der Waals surface area contributed by atoms with Crippen molar-refractivity contribution in [1.29, 1.82) is 0 Å². The lowest BCUT2D eigenvalue weighted by atomic mass is 9.78. The largest absolute Gasteiger partial charge is 0.417 e. The van der Waals surface area contributed by atoms with Crippen molar-refractivity contribution in [3.05, 3.63) is 53.0 Å². The van der Waals surface area contributed by atoms with Crippen molar-refractivity contribution in [3.8, 4) is 0 Å². The number of ketones is 1. The zero-order valence-corrected chi connectivity index (χ0v) is 53.3. The van der Waals surface area contributed by atoms with Gasteiger partial charge in [0.15, 0.2) is 22.4 Å². The van der Waals surface area contributed by atoms with Gasteiger partial charge in [0.25, 0.3) is 10.1 Å². The molecule has 0 N–H and O–H groups in total. The van der Waals surface area contributed by atoms with Crippen LogP contribution in [0.4, 0.5) is 0 Å². The number of halogens is 1. The topological polar surface area (TPSA) is 144 Å². The molecular formula is C60H97BrO13SSi2. The van der Waals surface area contributed by atoms with Crippen molar-refractivity contribution < 1.29 is 59.4 Å². The normalized spacial score (nSPS) is 36.0. The van der Waals surface area contributed by atoms with Gasteiger partial charge in [-0.15, -0.1) is 0 Å². The van der Waals surface area contributed by atoms with E-state index in [0.29, 0.717) is 61.4 Å². The fraction of sp³-hybridized carbons (Fsp3) is 0.817. The van der Waals surface area contributed by atoms with Gasteiger partial charge in [0, 0.05) is 51.7 Å². The highest BCUT2D eigenvalue weighted by Crippen LogP contribution is 2.54. The maximum atomic E-state index is 14.7. The third-order valence-electron chi connectivity index (χ3n) is 19.6. The lowest BCUT2D eigenvalue weighted by Gasteiger charge is -2.47. The number of carbonyl (C=O) groups excluding carboxylic acids is 1. The van der Waals surface area contributed by atoms with E-state index in [1.807, 2.05) is 6.92 Å². The van der Waals surface area contributed by atoms with E-state index in [9.17, 15) is 13.2 Å². The van der Waals surface area contributed by atoms with Crippen molar-refractivity contribution in [1.82, 2.24) is 0 Å². The molecule has 9 rings (SSSR count). The van der Waals surface area contributed by atoms with Crippen molar-refractivity contribution in [2.75, 3.05) is 13.2 Å². The van der Waals surface area contributed by atoms with Gasteiger partial charge in [0.05, 0.1) is 53.7 Å². The van der Waals surface area contributed by atoms with Crippen LogP contribution < -0.4 is 0 Å². The summed E-state index contributed by atoms with van der Waals surface area (Å²) in [7, 11) is -7.65. The summed E-state index contributed by atoms with van der Waals surface area (Å²) in [6.45, 7) is 37.2. The predicted molar refractivity (Wildman–Crippen MR) is 309 cm³/mol. The first-order valence-corrected chi connectivity index (χ1v) is 37.4. The van der Waals surface area contributed by atoms with Crippen LogP contribution in [-0.2, 0) is 61.1 Å². The third kappa shape index (κ3) is 14.4. The Morgan fingerprint density at radius 2 is 1.55 bits per heavy atom. The lowest BCUT2D eigenvalue weighted by Crippen LogP contribution is -2.61. The Morgan fingerprint density at radius 1 is 0.870 bits per heavy atom. The van der Waals surface area contributed by atoms with Gasteiger partial charge >= 0.3 is 0 Å². The van der Waals surface area contributed by atoms with E-state index < -0.39 is 50.9 Å². The van der Waals surface area contributed by atoms with E-state index in [0.717, 1.165) is 68.0 Å². The van der Waals surface area contributed by atoms with Crippen LogP contribution in [0.1, 0.15) is 151 Å². The van der Waals surface area contributed by atoms with Crippen LogP contribution in [0.3, 0.4) is 0 Å². The van der Waals surface area contributed by atoms with E-state index in [1.54, 1.807) is 24.3 Å². The molecule has 2 unspecified atom stereocenters. The highest BCUT2D eigenvalue weighted by atomic mass is 79.9. The summed E-state index contributed by atoms with van der Waals surface area (Å²) < 4.78 is 95.3. The molecule has 0 amide bonds. The minimum absolute atomic E-state index is 0.00559. The Hall–Kier alpha value is -1.17. The van der Waals surface area contributed by atoms with Crippen molar-refractivity contribution in [3.63, 3.8) is 0 Å². The SMILES string of the molecule is C=C(Br)C[C@@H](CC[C@@]12C[C@H]3O[C@H]4[C@@H](O1)[C@H]1O[C@@H](CC(=O)C[C@H]5C(C[C@H]6O[C@@H](CCCO[Si](CC)(CC)CC)C[C@@H](C)C6=C)O[C@H](C[C@H](C)CO[Si](C)(C)C(C)(C)C)[C@@H]5C)CC[C@@H]1O[C@H]4C3O2)OS(=O)(=O)c1ccc(C)cc1. The molecule has 0 spiro atoms. The standard InChI is InChI=1S/C60H97BrO13SSi2/c1-15-77(16-2,17-3)65-28-18-19-44-30-39(6)41(8)51(67-44)34-52-48(42(9)50(69-52)29-38(5)36-66-76(13,14)59(10,11)12)33-43(62)32-45-22-25-49-54(68-45)58-57-56(70-49)55-53(71-57)35-60(72-55,73-58)27-26-46(31-40(7)61)74-75(63,64)47-23-20-37(4)21-24-47/h20-21,23-24,38-39,42,44-46,48-58H,7-8,15-19,22,25-36H2,1-6,9-14H3/t38-,39+,42+,44-,45+,46+,48+,49-,50+,51+,52?,53+,54-,55?,56-,57+,58-,60-/m0/s1. The molecule has 8 heterocycles. The zero-order chi connectivity index (χ0) is 55.8. The summed E-state index contributed by atoms with van der Waals surface area (Å²) in [5.41, 5.74) is 2.08. The van der Waals surface area contributed by atoms with Gasteiger partial charge in [-0.1, -0.05) is 109 Å². The Bertz CT molecular complexity index is 2280. The molecule has 8 fully saturated rings. The number of fused-ring (bicyclic) bond motifs is 1. The molecule has 8 aliphatic rings. The summed E-state index contributed by atoms with van der Waals surface area (Å²) in [4.78, 5) is 14.8. The van der Waals surface area contributed by atoms with Crippen LogP contribution in [0.2, 0.25) is 36.3 Å². The number of benzene rings is 1. The zero-order valence-electron chi connectivity index (χ0n) is 48.9. The van der Waals surface area contributed by atoms with Gasteiger partial charge in [-0.2, -0.15) is 8.42 Å². The van der Waals surface area contributed by atoms with Gasteiger partial charge < -0.3 is 42.0 Å². The molecule has 8 saturated heterocycles. The molecule has 0 aromatic heterocycles. The number of carbonyl (C=O) groups is 1. The molecule has 0 radical (unpaired) electrons. The third-order valence-corrected chi connectivity index (χ3v) is 30.4. The second-order valence-corrected chi connectivity index (χ2v) is 38.4. The molecule has 1 aromatic rings. The minimum atomic E-state index is -4.06. The van der Waals surface area contributed by atoms with E-state index >= 15 is 0 Å². The van der Waals surface area contributed by atoms with Crippen LogP contribution in [0.15, 0.2) is 52.4 Å². The monoisotopic (exact) mass is 1190 g/mol. The average molecular weight is 1190 g/mol. The van der Waals surface area contributed by atoms with Gasteiger partial charge in [0.1, 0.15) is 36.3 Å². The summed E-state index contributed by atoms with van der Waals surface area (Å²) in [6.07, 6.45) is 4.32. The summed E-state index contributed by atoms with van der Waals surface area (Å²) in [5.74, 6) is -0.109. The molecule has 77 heavy (non-hydrogen) atoms. The maximum Gasteiger partial charge on any atom is 0.297 e. The average Bonchev–Trinajstić information content (AvgIpc) is 3.91. The van der Waals surface area contributed by atoms with Gasteiger partial charge in [-0.25, -0.2) is 0 Å². The van der Waals surface area contributed by atoms with Gasteiger partial charge in [-0.3, -0.25) is 8.98 Å². The molecule has 0 saturated carbocycles. The Labute approximate surface area is 474 Å². The number of rotatable bonds is 27. The van der Waals surface area contributed by atoms with E-state index in [-0.39, 0.29) is 101 Å². The van der Waals surface area contributed by atoms with Crippen LogP contribution >= 0.6 is 15.9 Å². The fourth-order valence-corrected chi connectivity index (χ4v) is 18.7. The van der Waals surface area contributed by atoms with Crippen LogP contribution in [0, 0.1) is 30.6 Å². The predicted octanol–water partition coefficient (Wildman–Crippen LogP) is 13.1. The number of aryl methyl sites for hydroxylation is 1. The minimum Gasteiger partial charge on any atom is -0.417 e. The van der Waals surface area contributed by atoms with Crippen molar-refractivity contribution >= 4 is 48.5 Å². The molecule has 436 valence electrons. The van der Waals surface area contributed by atoms with Crippen LogP contribution in [0.5, 0.6) is 0 Å². The molecule has 1 aromatic carbocycles. The molecule has 17 heteroatoms. The van der Waals surface area contributed by atoms with E-state index in [4.69, 9.17) is 46.2 Å². The molecule has 13 nitrogen and oxygen atoms in total. The first-order valence-electron chi connectivity index (χ1n) is 29.7. The molecule has 6 bridgehead atoms. The molecule has 8 aliphatic heterocycles. The van der Waals surface area contributed by atoms with Gasteiger partial charge in [-0.05, 0) is 134 Å². The maximum absolute atomic E-state index is 14.7. The number of hydrogen-bond donors (Lipinski definition) is 0.